The van der Waals surface area contributed by atoms with E-state index in [1.54, 1.807) is 22.3 Å². The van der Waals surface area contributed by atoms with E-state index in [0.717, 1.165) is 18.7 Å². The number of aromatic nitrogens is 3. The molecule has 0 amide bonds. The first-order chi connectivity index (χ1) is 7.74. The lowest BCUT2D eigenvalue weighted by Gasteiger charge is -2.03. The Morgan fingerprint density at radius 1 is 1.62 bits per heavy atom. The Kier molecular flexibility index (Phi) is 3.00. The summed E-state index contributed by atoms with van der Waals surface area (Å²) in [5, 5.41) is 18.6. The Morgan fingerprint density at radius 3 is 3.12 bits per heavy atom. The fourth-order valence-electron chi connectivity index (χ4n) is 1.52. The van der Waals surface area contributed by atoms with Gasteiger partial charge in [-0.3, -0.25) is 0 Å². The number of aromatic carboxylic acids is 1. The van der Waals surface area contributed by atoms with Crippen LogP contribution in [0.15, 0.2) is 17.6 Å². The second kappa shape index (κ2) is 4.44. The van der Waals surface area contributed by atoms with Gasteiger partial charge in [-0.1, -0.05) is 12.1 Å². The number of carbonyl (C=O) groups is 1. The van der Waals surface area contributed by atoms with E-state index in [2.05, 4.69) is 10.3 Å². The van der Waals surface area contributed by atoms with Gasteiger partial charge in [0, 0.05) is 12.1 Å². The molecule has 2 rings (SSSR count). The molecule has 0 atom stereocenters. The Bertz CT molecular complexity index is 504. The fraction of sp³-hybridized carbons (Fsp3) is 0.300. The zero-order valence-electron chi connectivity index (χ0n) is 8.75. The molecule has 2 aromatic rings. The molecule has 0 aromatic carbocycles. The Labute approximate surface area is 96.3 Å². The fourth-order valence-corrected chi connectivity index (χ4v) is 2.26. The molecule has 2 heterocycles. The van der Waals surface area contributed by atoms with Gasteiger partial charge >= 0.3 is 5.97 Å². The van der Waals surface area contributed by atoms with Gasteiger partial charge in [-0.25, -0.2) is 9.48 Å². The van der Waals surface area contributed by atoms with Gasteiger partial charge in [-0.15, -0.1) is 16.4 Å². The molecule has 0 aliphatic heterocycles. The summed E-state index contributed by atoms with van der Waals surface area (Å²) < 4.78 is 1.73. The van der Waals surface area contributed by atoms with Crippen molar-refractivity contribution < 1.29 is 9.90 Å². The number of nitrogens with zero attached hydrogens (tertiary/aromatic N) is 3. The van der Waals surface area contributed by atoms with Gasteiger partial charge in [0.25, 0.3) is 0 Å². The summed E-state index contributed by atoms with van der Waals surface area (Å²) in [4.78, 5) is 11.3. The van der Waals surface area contributed by atoms with E-state index in [0.29, 0.717) is 10.4 Å². The van der Waals surface area contributed by atoms with E-state index >= 15 is 0 Å². The number of hydrogen-bond acceptors (Lipinski definition) is 4. The van der Waals surface area contributed by atoms with E-state index in [9.17, 15) is 4.79 Å². The SMILES string of the molecule is CCCn1nncc1-c1ccsc1C(=O)O. The molecule has 0 unspecified atom stereocenters. The maximum absolute atomic E-state index is 11.0. The molecule has 0 saturated heterocycles. The third-order valence-electron chi connectivity index (χ3n) is 2.19. The lowest BCUT2D eigenvalue weighted by Crippen LogP contribution is -2.03. The minimum Gasteiger partial charge on any atom is -0.477 e. The average molecular weight is 237 g/mol. The highest BCUT2D eigenvalue weighted by molar-refractivity contribution is 7.12. The molecule has 0 spiro atoms. The topological polar surface area (TPSA) is 68.0 Å². The first kappa shape index (κ1) is 10.8. The molecule has 0 bridgehead atoms. The van der Waals surface area contributed by atoms with Gasteiger partial charge in [0.2, 0.25) is 0 Å². The van der Waals surface area contributed by atoms with Crippen molar-refractivity contribution in [2.75, 3.05) is 0 Å². The summed E-state index contributed by atoms with van der Waals surface area (Å²) in [7, 11) is 0. The van der Waals surface area contributed by atoms with Crippen LogP contribution < -0.4 is 0 Å². The largest absolute Gasteiger partial charge is 0.477 e. The van der Waals surface area contributed by atoms with Crippen molar-refractivity contribution in [3.63, 3.8) is 0 Å². The molecule has 6 heteroatoms. The first-order valence-corrected chi connectivity index (χ1v) is 5.81. The summed E-state index contributed by atoms with van der Waals surface area (Å²) in [6.07, 6.45) is 2.53. The van der Waals surface area contributed by atoms with Gasteiger partial charge in [0.1, 0.15) is 4.88 Å². The zero-order valence-corrected chi connectivity index (χ0v) is 9.57. The highest BCUT2D eigenvalue weighted by Gasteiger charge is 2.16. The average Bonchev–Trinajstić information content (AvgIpc) is 2.83. The Morgan fingerprint density at radius 2 is 2.44 bits per heavy atom. The predicted octanol–water partition coefficient (Wildman–Crippen LogP) is 2.11. The third kappa shape index (κ3) is 1.83. The summed E-state index contributed by atoms with van der Waals surface area (Å²) >= 11 is 1.21. The predicted molar refractivity (Wildman–Crippen MR) is 60.6 cm³/mol. The van der Waals surface area contributed by atoms with Crippen LogP contribution in [0.1, 0.15) is 23.0 Å². The van der Waals surface area contributed by atoms with Crippen molar-refractivity contribution >= 4 is 17.3 Å². The summed E-state index contributed by atoms with van der Waals surface area (Å²) in [5.74, 6) is -0.908. The lowest BCUT2D eigenvalue weighted by molar-refractivity contribution is 0.0703. The summed E-state index contributed by atoms with van der Waals surface area (Å²) in [6, 6.07) is 1.79. The molecule has 0 aliphatic rings. The normalized spacial score (nSPS) is 10.6. The van der Waals surface area contributed by atoms with Crippen LogP contribution in [0.4, 0.5) is 0 Å². The molecule has 0 radical (unpaired) electrons. The maximum Gasteiger partial charge on any atom is 0.346 e. The standard InChI is InChI=1S/C10H11N3O2S/c1-2-4-13-8(6-11-12-13)7-3-5-16-9(7)10(14)15/h3,5-6H,2,4H2,1H3,(H,14,15). The molecule has 0 aliphatic carbocycles. The van der Waals surface area contributed by atoms with Crippen LogP contribution in [-0.4, -0.2) is 26.1 Å². The van der Waals surface area contributed by atoms with Gasteiger partial charge in [-0.05, 0) is 17.9 Å². The van der Waals surface area contributed by atoms with Crippen molar-refractivity contribution in [2.45, 2.75) is 19.9 Å². The van der Waals surface area contributed by atoms with Gasteiger partial charge in [0.15, 0.2) is 0 Å². The molecule has 16 heavy (non-hydrogen) atoms. The monoisotopic (exact) mass is 237 g/mol. The molecule has 0 fully saturated rings. The van der Waals surface area contributed by atoms with E-state index in [4.69, 9.17) is 5.11 Å². The van der Waals surface area contributed by atoms with Crippen molar-refractivity contribution in [3.8, 4) is 11.3 Å². The second-order valence-corrected chi connectivity index (χ2v) is 4.23. The number of rotatable bonds is 4. The van der Waals surface area contributed by atoms with Crippen molar-refractivity contribution in [2.24, 2.45) is 0 Å². The van der Waals surface area contributed by atoms with E-state index in [1.807, 2.05) is 6.92 Å². The Balaban J connectivity index is 2.46. The highest BCUT2D eigenvalue weighted by Crippen LogP contribution is 2.27. The maximum atomic E-state index is 11.0. The highest BCUT2D eigenvalue weighted by atomic mass is 32.1. The summed E-state index contributed by atoms with van der Waals surface area (Å²) in [6.45, 7) is 2.78. The van der Waals surface area contributed by atoms with E-state index in [-0.39, 0.29) is 0 Å². The zero-order chi connectivity index (χ0) is 11.5. The van der Waals surface area contributed by atoms with E-state index in [1.165, 1.54) is 11.3 Å². The number of thiophene rings is 1. The number of carboxylic acid groups (broad SMARTS) is 1. The third-order valence-corrected chi connectivity index (χ3v) is 3.09. The number of aryl methyl sites for hydroxylation is 1. The molecule has 84 valence electrons. The molecule has 5 nitrogen and oxygen atoms in total. The van der Waals surface area contributed by atoms with Crippen LogP contribution in [-0.2, 0) is 6.54 Å². The quantitative estimate of drug-likeness (QED) is 0.884. The summed E-state index contributed by atoms with van der Waals surface area (Å²) in [5.41, 5.74) is 1.46. The molecular formula is C10H11N3O2S. The van der Waals surface area contributed by atoms with Crippen molar-refractivity contribution in [3.05, 3.63) is 22.5 Å². The van der Waals surface area contributed by atoms with Gasteiger partial charge in [-0.2, -0.15) is 0 Å². The van der Waals surface area contributed by atoms with Crippen LogP contribution in [0.5, 0.6) is 0 Å². The minimum atomic E-state index is -0.908. The van der Waals surface area contributed by atoms with Crippen LogP contribution in [0.2, 0.25) is 0 Å². The molecular weight excluding hydrogens is 226 g/mol. The van der Waals surface area contributed by atoms with Crippen molar-refractivity contribution in [1.82, 2.24) is 15.0 Å². The van der Waals surface area contributed by atoms with Gasteiger partial charge < -0.3 is 5.11 Å². The van der Waals surface area contributed by atoms with Crippen LogP contribution >= 0.6 is 11.3 Å². The Hall–Kier alpha value is -1.69. The number of hydrogen-bond donors (Lipinski definition) is 1. The smallest absolute Gasteiger partial charge is 0.346 e. The van der Waals surface area contributed by atoms with Gasteiger partial charge in [0.05, 0.1) is 11.9 Å². The number of carboxylic acids is 1. The second-order valence-electron chi connectivity index (χ2n) is 3.31. The van der Waals surface area contributed by atoms with Crippen LogP contribution in [0, 0.1) is 0 Å². The lowest BCUT2D eigenvalue weighted by atomic mass is 10.2. The van der Waals surface area contributed by atoms with Crippen LogP contribution in [0.3, 0.4) is 0 Å². The first-order valence-electron chi connectivity index (χ1n) is 4.93. The van der Waals surface area contributed by atoms with Crippen LogP contribution in [0.25, 0.3) is 11.3 Å². The van der Waals surface area contributed by atoms with E-state index < -0.39 is 5.97 Å². The van der Waals surface area contributed by atoms with Crippen molar-refractivity contribution in [1.29, 1.82) is 0 Å². The minimum absolute atomic E-state index is 0.333. The molecule has 0 saturated carbocycles. The molecule has 1 N–H and O–H groups in total. The molecule has 2 aromatic heterocycles.